The number of nitrogens with one attached hydrogen (secondary N) is 2. The van der Waals surface area contributed by atoms with Crippen molar-refractivity contribution in [2.75, 3.05) is 7.05 Å². The lowest BCUT2D eigenvalue weighted by molar-refractivity contribution is -0.121. The number of benzene rings is 2. The molecule has 0 spiro atoms. The SMILES string of the molecule is CCC(=O)NC1CCC(N(C)C(=O)c2ccc(-c3ccc(-c4ccn[nH]4)cc3)cc2)C1. The summed E-state index contributed by atoms with van der Waals surface area (Å²) in [6.07, 6.45) is 4.88. The van der Waals surface area contributed by atoms with Gasteiger partial charge in [0.25, 0.3) is 5.91 Å². The topological polar surface area (TPSA) is 78.1 Å². The summed E-state index contributed by atoms with van der Waals surface area (Å²) in [6, 6.07) is 18.3. The molecule has 2 unspecified atom stereocenters. The molecular formula is C25H28N4O2. The van der Waals surface area contributed by atoms with E-state index in [1.165, 1.54) is 0 Å². The average Bonchev–Trinajstić information content (AvgIpc) is 3.51. The molecule has 2 atom stereocenters. The zero-order chi connectivity index (χ0) is 21.8. The maximum Gasteiger partial charge on any atom is 0.253 e. The van der Waals surface area contributed by atoms with Gasteiger partial charge in [0.05, 0.1) is 5.69 Å². The largest absolute Gasteiger partial charge is 0.353 e. The number of hydrogen-bond acceptors (Lipinski definition) is 3. The Morgan fingerprint density at radius 2 is 1.65 bits per heavy atom. The highest BCUT2D eigenvalue weighted by Crippen LogP contribution is 2.27. The number of carbonyl (C=O) groups excluding carboxylic acids is 2. The third kappa shape index (κ3) is 4.68. The van der Waals surface area contributed by atoms with Crippen molar-refractivity contribution in [3.05, 3.63) is 66.4 Å². The zero-order valence-corrected chi connectivity index (χ0v) is 18.0. The second kappa shape index (κ2) is 9.16. The third-order valence-electron chi connectivity index (χ3n) is 6.12. The first-order chi connectivity index (χ1) is 15.0. The molecule has 2 N–H and O–H groups in total. The Balaban J connectivity index is 1.39. The van der Waals surface area contributed by atoms with Crippen LogP contribution in [-0.2, 0) is 4.79 Å². The predicted octanol–water partition coefficient (Wildman–Crippen LogP) is 4.26. The second-order valence-corrected chi connectivity index (χ2v) is 8.13. The van der Waals surface area contributed by atoms with Crippen LogP contribution in [0.25, 0.3) is 22.4 Å². The highest BCUT2D eigenvalue weighted by molar-refractivity contribution is 5.94. The summed E-state index contributed by atoms with van der Waals surface area (Å²) in [6.45, 7) is 1.86. The van der Waals surface area contributed by atoms with Crippen LogP contribution in [0.3, 0.4) is 0 Å². The van der Waals surface area contributed by atoms with Crippen LogP contribution in [0.1, 0.15) is 43.0 Å². The number of carbonyl (C=O) groups is 2. The summed E-state index contributed by atoms with van der Waals surface area (Å²) < 4.78 is 0. The van der Waals surface area contributed by atoms with E-state index in [1.54, 1.807) is 6.20 Å². The lowest BCUT2D eigenvalue weighted by atomic mass is 10.0. The van der Waals surface area contributed by atoms with Gasteiger partial charge in [-0.15, -0.1) is 0 Å². The molecule has 3 aromatic rings. The minimum absolute atomic E-state index is 0.0219. The third-order valence-corrected chi connectivity index (χ3v) is 6.12. The number of aromatic amines is 1. The lowest BCUT2D eigenvalue weighted by Gasteiger charge is -2.25. The van der Waals surface area contributed by atoms with E-state index in [0.717, 1.165) is 41.6 Å². The lowest BCUT2D eigenvalue weighted by Crippen LogP contribution is -2.38. The number of aromatic nitrogens is 2. The summed E-state index contributed by atoms with van der Waals surface area (Å²) in [7, 11) is 1.86. The van der Waals surface area contributed by atoms with Crippen molar-refractivity contribution in [2.24, 2.45) is 0 Å². The minimum atomic E-state index is 0.0219. The summed E-state index contributed by atoms with van der Waals surface area (Å²) >= 11 is 0. The first kappa shape index (κ1) is 20.8. The van der Waals surface area contributed by atoms with Crippen LogP contribution in [0.4, 0.5) is 0 Å². The van der Waals surface area contributed by atoms with Crippen molar-refractivity contribution in [3.63, 3.8) is 0 Å². The van der Waals surface area contributed by atoms with Crippen molar-refractivity contribution in [2.45, 2.75) is 44.7 Å². The van der Waals surface area contributed by atoms with Gasteiger partial charge in [0.2, 0.25) is 5.91 Å². The molecule has 2 aromatic carbocycles. The van der Waals surface area contributed by atoms with Gasteiger partial charge in [0, 0.05) is 37.3 Å². The maximum atomic E-state index is 13.0. The number of H-pyrrole nitrogens is 1. The highest BCUT2D eigenvalue weighted by atomic mass is 16.2. The number of rotatable bonds is 6. The van der Waals surface area contributed by atoms with Gasteiger partial charge in [-0.1, -0.05) is 43.3 Å². The van der Waals surface area contributed by atoms with Crippen molar-refractivity contribution >= 4 is 11.8 Å². The molecule has 4 rings (SSSR count). The Bertz CT molecular complexity index is 1030. The fraction of sp³-hybridized carbons (Fsp3) is 0.320. The molecule has 1 aromatic heterocycles. The zero-order valence-electron chi connectivity index (χ0n) is 18.0. The molecule has 160 valence electrons. The standard InChI is InChI=1S/C25H28N4O2/c1-3-24(30)27-21-12-13-22(16-21)29(2)25(31)20-10-6-18(7-11-20)17-4-8-19(9-5-17)23-14-15-26-28-23/h4-11,14-15,21-22H,3,12-13,16H2,1-2H3,(H,26,28)(H,27,30). The average molecular weight is 417 g/mol. The number of hydrogen-bond donors (Lipinski definition) is 2. The van der Waals surface area contributed by atoms with Crippen LogP contribution in [0.15, 0.2) is 60.8 Å². The fourth-order valence-electron chi connectivity index (χ4n) is 4.20. The molecule has 1 fully saturated rings. The van der Waals surface area contributed by atoms with Crippen LogP contribution in [0, 0.1) is 0 Å². The van der Waals surface area contributed by atoms with E-state index in [9.17, 15) is 9.59 Å². The Morgan fingerprint density at radius 3 is 2.26 bits per heavy atom. The Hall–Kier alpha value is -3.41. The smallest absolute Gasteiger partial charge is 0.253 e. The van der Waals surface area contributed by atoms with Crippen LogP contribution >= 0.6 is 0 Å². The first-order valence-electron chi connectivity index (χ1n) is 10.8. The van der Waals surface area contributed by atoms with Crippen molar-refractivity contribution in [1.82, 2.24) is 20.4 Å². The van der Waals surface area contributed by atoms with Crippen LogP contribution in [0.2, 0.25) is 0 Å². The summed E-state index contributed by atoms with van der Waals surface area (Å²) in [5.74, 6) is 0.0985. The Morgan fingerprint density at radius 1 is 1.00 bits per heavy atom. The first-order valence-corrected chi connectivity index (χ1v) is 10.8. The van der Waals surface area contributed by atoms with E-state index in [0.29, 0.717) is 12.0 Å². The number of nitrogens with zero attached hydrogens (tertiary/aromatic N) is 2. The van der Waals surface area contributed by atoms with Gasteiger partial charge in [-0.05, 0) is 54.2 Å². The Kier molecular flexibility index (Phi) is 6.16. The van der Waals surface area contributed by atoms with Gasteiger partial charge in [-0.25, -0.2) is 0 Å². The molecule has 2 amide bonds. The van der Waals surface area contributed by atoms with Crippen LogP contribution in [-0.4, -0.2) is 46.0 Å². The van der Waals surface area contributed by atoms with Gasteiger partial charge < -0.3 is 10.2 Å². The molecule has 0 radical (unpaired) electrons. The van der Waals surface area contributed by atoms with Crippen molar-refractivity contribution < 1.29 is 9.59 Å². The summed E-state index contributed by atoms with van der Waals surface area (Å²) in [5.41, 5.74) is 4.92. The maximum absolute atomic E-state index is 13.0. The molecule has 0 bridgehead atoms. The summed E-state index contributed by atoms with van der Waals surface area (Å²) in [4.78, 5) is 26.4. The van der Waals surface area contributed by atoms with Gasteiger partial charge in [0.15, 0.2) is 0 Å². The monoisotopic (exact) mass is 416 g/mol. The van der Waals surface area contributed by atoms with Crippen molar-refractivity contribution in [3.8, 4) is 22.4 Å². The predicted molar refractivity (Wildman–Crippen MR) is 121 cm³/mol. The van der Waals surface area contributed by atoms with E-state index in [2.05, 4.69) is 39.8 Å². The van der Waals surface area contributed by atoms with Gasteiger partial charge in [-0.2, -0.15) is 5.10 Å². The van der Waals surface area contributed by atoms with Gasteiger partial charge in [-0.3, -0.25) is 14.7 Å². The van der Waals surface area contributed by atoms with Crippen LogP contribution in [0.5, 0.6) is 0 Å². The van der Waals surface area contributed by atoms with Crippen molar-refractivity contribution in [1.29, 1.82) is 0 Å². The molecule has 1 heterocycles. The molecule has 1 aliphatic carbocycles. The summed E-state index contributed by atoms with van der Waals surface area (Å²) in [5, 5.41) is 10.0. The molecule has 6 heteroatoms. The second-order valence-electron chi connectivity index (χ2n) is 8.13. The van der Waals surface area contributed by atoms with Gasteiger partial charge >= 0.3 is 0 Å². The minimum Gasteiger partial charge on any atom is -0.353 e. The molecule has 0 saturated heterocycles. The van der Waals surface area contributed by atoms with E-state index in [4.69, 9.17) is 0 Å². The quantitative estimate of drug-likeness (QED) is 0.630. The van der Waals surface area contributed by atoms with E-state index in [1.807, 2.05) is 49.2 Å². The molecular weight excluding hydrogens is 388 g/mol. The molecule has 6 nitrogen and oxygen atoms in total. The molecule has 1 aliphatic rings. The normalized spacial score (nSPS) is 18.0. The van der Waals surface area contributed by atoms with E-state index >= 15 is 0 Å². The number of amides is 2. The molecule has 1 saturated carbocycles. The van der Waals surface area contributed by atoms with Crippen LogP contribution < -0.4 is 5.32 Å². The van der Waals surface area contributed by atoms with E-state index < -0.39 is 0 Å². The Labute approximate surface area is 182 Å². The molecule has 0 aliphatic heterocycles. The fourth-order valence-corrected chi connectivity index (χ4v) is 4.20. The molecule has 31 heavy (non-hydrogen) atoms. The van der Waals surface area contributed by atoms with Gasteiger partial charge in [0.1, 0.15) is 0 Å². The highest BCUT2D eigenvalue weighted by Gasteiger charge is 2.30. The van der Waals surface area contributed by atoms with E-state index in [-0.39, 0.29) is 23.9 Å².